The second kappa shape index (κ2) is 12.5. The molecule has 3 heterocycles. The predicted octanol–water partition coefficient (Wildman–Crippen LogP) is 2.44. The van der Waals surface area contributed by atoms with Gasteiger partial charge < -0.3 is 25.0 Å². The van der Waals surface area contributed by atoms with Gasteiger partial charge in [0.05, 0.1) is 19.3 Å². The Morgan fingerprint density at radius 2 is 1.86 bits per heavy atom. The molecule has 3 fully saturated rings. The Morgan fingerprint density at radius 1 is 1.17 bits per heavy atom. The van der Waals surface area contributed by atoms with Crippen LogP contribution < -0.4 is 10.6 Å². The summed E-state index contributed by atoms with van der Waals surface area (Å²) in [5, 5.41) is 5.31. The van der Waals surface area contributed by atoms with Crippen molar-refractivity contribution in [1.82, 2.24) is 20.4 Å². The van der Waals surface area contributed by atoms with Gasteiger partial charge in [-0.1, -0.05) is 12.1 Å². The van der Waals surface area contributed by atoms with Gasteiger partial charge in [-0.25, -0.2) is 9.18 Å². The molecule has 0 aromatic heterocycles. The molecule has 0 saturated carbocycles. The molecular formula is C26H39FN4O5. The maximum absolute atomic E-state index is 13.2. The maximum Gasteiger partial charge on any atom is 0.408 e. The van der Waals surface area contributed by atoms with Gasteiger partial charge in [-0.2, -0.15) is 0 Å². The molecule has 36 heavy (non-hydrogen) atoms. The molecule has 4 rings (SSSR count). The van der Waals surface area contributed by atoms with Crippen LogP contribution in [0.3, 0.4) is 0 Å². The fourth-order valence-corrected chi connectivity index (χ4v) is 4.74. The van der Waals surface area contributed by atoms with Gasteiger partial charge in [0, 0.05) is 31.7 Å². The molecule has 3 aliphatic heterocycles. The Kier molecular flexibility index (Phi) is 9.67. The molecule has 9 nitrogen and oxygen atoms in total. The van der Waals surface area contributed by atoms with Crippen LogP contribution >= 0.6 is 0 Å². The highest BCUT2D eigenvalue weighted by Gasteiger charge is 2.42. The molecule has 200 valence electrons. The summed E-state index contributed by atoms with van der Waals surface area (Å²) < 4.78 is 23.0. The molecule has 0 aliphatic carbocycles. The zero-order chi connectivity index (χ0) is 26.3. The Morgan fingerprint density at radius 3 is 2.44 bits per heavy atom. The summed E-state index contributed by atoms with van der Waals surface area (Å²) in [6.07, 6.45) is 3.15. The maximum atomic E-state index is 13.2. The zero-order valence-corrected chi connectivity index (χ0v) is 21.7. The molecule has 3 atom stereocenters. The normalized spacial score (nSPS) is 24.9. The minimum Gasteiger partial charge on any atom is -0.444 e. The Bertz CT molecular complexity index is 887. The Balaban J connectivity index is 0.000000275. The molecule has 0 bridgehead atoms. The highest BCUT2D eigenvalue weighted by atomic mass is 19.1. The van der Waals surface area contributed by atoms with Crippen LogP contribution in [-0.4, -0.2) is 84.3 Å². The van der Waals surface area contributed by atoms with Crippen LogP contribution in [0, 0.1) is 5.82 Å². The number of fused-ring (bicyclic) bond motifs is 1. The van der Waals surface area contributed by atoms with E-state index in [1.807, 2.05) is 25.7 Å². The van der Waals surface area contributed by atoms with E-state index in [0.717, 1.165) is 31.4 Å². The summed E-state index contributed by atoms with van der Waals surface area (Å²) in [4.78, 5) is 39.6. The van der Waals surface area contributed by atoms with Crippen molar-refractivity contribution in [2.24, 2.45) is 0 Å². The fourth-order valence-electron chi connectivity index (χ4n) is 4.74. The molecule has 0 spiro atoms. The van der Waals surface area contributed by atoms with Crippen LogP contribution in [0.25, 0.3) is 0 Å². The van der Waals surface area contributed by atoms with Crippen LogP contribution in [-0.2, 0) is 25.6 Å². The molecule has 1 aromatic rings. The third-order valence-electron chi connectivity index (χ3n) is 6.64. The van der Waals surface area contributed by atoms with E-state index in [0.29, 0.717) is 38.8 Å². The monoisotopic (exact) mass is 506 g/mol. The minimum atomic E-state index is -0.584. The molecule has 3 unspecified atom stereocenters. The van der Waals surface area contributed by atoms with Gasteiger partial charge in [-0.05, 0) is 64.7 Å². The predicted molar refractivity (Wildman–Crippen MR) is 133 cm³/mol. The number of halogens is 1. The van der Waals surface area contributed by atoms with E-state index in [4.69, 9.17) is 9.47 Å². The summed E-state index contributed by atoms with van der Waals surface area (Å²) >= 11 is 0. The van der Waals surface area contributed by atoms with Gasteiger partial charge in [0.15, 0.2) is 0 Å². The number of nitrogens with zero attached hydrogens (tertiary/aromatic N) is 2. The average Bonchev–Trinajstić information content (AvgIpc) is 3.13. The largest absolute Gasteiger partial charge is 0.444 e. The number of hydrogen-bond acceptors (Lipinski definition) is 6. The van der Waals surface area contributed by atoms with Crippen LogP contribution in [0.4, 0.5) is 9.18 Å². The smallest absolute Gasteiger partial charge is 0.408 e. The third-order valence-corrected chi connectivity index (χ3v) is 6.64. The molecule has 1 aromatic carbocycles. The summed E-state index contributed by atoms with van der Waals surface area (Å²) in [5.74, 6) is -0.245. The first-order valence-corrected chi connectivity index (χ1v) is 12.6. The third kappa shape index (κ3) is 7.89. The number of alkyl carbamates (subject to hydrolysis) is 1. The molecule has 3 amide bonds. The molecule has 2 N–H and O–H groups in total. The number of carbonyl (C=O) groups excluding carboxylic acids is 3. The van der Waals surface area contributed by atoms with Crippen molar-refractivity contribution in [3.8, 4) is 0 Å². The van der Waals surface area contributed by atoms with Crippen molar-refractivity contribution < 1.29 is 28.2 Å². The lowest BCUT2D eigenvalue weighted by Crippen LogP contribution is -2.62. The second-order valence-electron chi connectivity index (χ2n) is 10.6. The van der Waals surface area contributed by atoms with E-state index in [1.54, 1.807) is 12.1 Å². The number of carbonyl (C=O) groups is 3. The van der Waals surface area contributed by atoms with Gasteiger partial charge in [-0.3, -0.25) is 14.5 Å². The van der Waals surface area contributed by atoms with Gasteiger partial charge in [0.25, 0.3) is 0 Å². The van der Waals surface area contributed by atoms with E-state index >= 15 is 0 Å². The first kappa shape index (κ1) is 27.9. The SMILES string of the molecule is CC1CCC2CCN(C3COC3)CC(NC(=O)OC(C)(C)C)C(=O)N12.O=CNCc1ccc(F)cc1. The summed E-state index contributed by atoms with van der Waals surface area (Å²) in [7, 11) is 0. The molecule has 3 aliphatic rings. The molecule has 3 saturated heterocycles. The van der Waals surface area contributed by atoms with E-state index in [-0.39, 0.29) is 23.8 Å². The van der Waals surface area contributed by atoms with Gasteiger partial charge in [-0.15, -0.1) is 0 Å². The molecular weight excluding hydrogens is 467 g/mol. The van der Waals surface area contributed by atoms with Gasteiger partial charge >= 0.3 is 6.09 Å². The van der Waals surface area contributed by atoms with Crippen molar-refractivity contribution in [3.63, 3.8) is 0 Å². The van der Waals surface area contributed by atoms with Crippen molar-refractivity contribution in [1.29, 1.82) is 0 Å². The van der Waals surface area contributed by atoms with Gasteiger partial charge in [0.1, 0.15) is 17.5 Å². The fraction of sp³-hybridized carbons (Fsp3) is 0.654. The highest BCUT2D eigenvalue weighted by molar-refractivity contribution is 5.86. The first-order chi connectivity index (χ1) is 17.1. The van der Waals surface area contributed by atoms with Gasteiger partial charge in [0.2, 0.25) is 12.3 Å². The zero-order valence-electron chi connectivity index (χ0n) is 21.7. The minimum absolute atomic E-state index is 0.0193. The van der Waals surface area contributed by atoms with E-state index in [2.05, 4.69) is 22.5 Å². The van der Waals surface area contributed by atoms with E-state index < -0.39 is 17.7 Å². The van der Waals surface area contributed by atoms with Crippen LogP contribution in [0.2, 0.25) is 0 Å². The number of benzene rings is 1. The summed E-state index contributed by atoms with van der Waals surface area (Å²) in [5.41, 5.74) is 0.304. The van der Waals surface area contributed by atoms with Crippen LogP contribution in [0.15, 0.2) is 24.3 Å². The standard InChI is InChI=1S/C18H31N3O4.C8H8FNO/c1-12-5-6-13-7-8-20(14-10-24-11-14)9-15(16(22)21(12)13)19-17(23)25-18(2,3)4;9-8-3-1-7(2-4-8)5-10-6-11/h12-15H,5-11H2,1-4H3,(H,19,23);1-4,6H,5H2,(H,10,11). The number of rotatable bonds is 5. The summed E-state index contributed by atoms with van der Waals surface area (Å²) in [6.45, 7) is 10.9. The number of ether oxygens (including phenoxy) is 2. The number of nitrogens with one attached hydrogen (secondary N) is 2. The van der Waals surface area contributed by atoms with E-state index in [1.165, 1.54) is 12.1 Å². The second-order valence-corrected chi connectivity index (χ2v) is 10.6. The topological polar surface area (TPSA) is 100 Å². The highest BCUT2D eigenvalue weighted by Crippen LogP contribution is 2.29. The molecule has 0 radical (unpaired) electrons. The lowest BCUT2D eigenvalue weighted by Gasteiger charge is -2.43. The van der Waals surface area contributed by atoms with Crippen molar-refractivity contribution in [2.45, 2.75) is 83.3 Å². The lowest BCUT2D eigenvalue weighted by molar-refractivity contribution is -0.140. The molecule has 10 heteroatoms. The van der Waals surface area contributed by atoms with Crippen molar-refractivity contribution in [2.75, 3.05) is 26.3 Å². The van der Waals surface area contributed by atoms with Crippen molar-refractivity contribution >= 4 is 18.4 Å². The van der Waals surface area contributed by atoms with Crippen LogP contribution in [0.5, 0.6) is 0 Å². The van der Waals surface area contributed by atoms with E-state index in [9.17, 15) is 18.8 Å². The van der Waals surface area contributed by atoms with Crippen LogP contribution in [0.1, 0.15) is 52.5 Å². The number of amides is 3. The Hall–Kier alpha value is -2.72. The lowest BCUT2D eigenvalue weighted by atomic mass is 10.0. The first-order valence-electron chi connectivity index (χ1n) is 12.6. The number of hydrogen-bond donors (Lipinski definition) is 2. The Labute approximate surface area is 212 Å². The summed E-state index contributed by atoms with van der Waals surface area (Å²) in [6, 6.07) is 6.27. The van der Waals surface area contributed by atoms with Crippen molar-refractivity contribution in [3.05, 3.63) is 35.6 Å². The average molecular weight is 507 g/mol. The quantitative estimate of drug-likeness (QED) is 0.595.